The third kappa shape index (κ3) is 3.64. The zero-order valence-corrected chi connectivity index (χ0v) is 11.4. The van der Waals surface area contributed by atoms with Crippen molar-refractivity contribution in [1.82, 2.24) is 10.3 Å². The molecule has 1 fully saturated rings. The van der Waals surface area contributed by atoms with Crippen molar-refractivity contribution in [3.8, 4) is 0 Å². The maximum atomic E-state index is 11.5. The van der Waals surface area contributed by atoms with Gasteiger partial charge in [0.25, 0.3) is 0 Å². The van der Waals surface area contributed by atoms with E-state index in [1.165, 1.54) is 0 Å². The van der Waals surface area contributed by atoms with Gasteiger partial charge in [-0.2, -0.15) is 5.10 Å². The Hall–Kier alpha value is -2.22. The Labute approximate surface area is 119 Å². The summed E-state index contributed by atoms with van der Waals surface area (Å²) >= 11 is 1.07. The molecular weight excluding hydrogens is 280 g/mol. The number of rotatable bonds is 4. The van der Waals surface area contributed by atoms with Gasteiger partial charge >= 0.3 is 5.97 Å². The molecule has 1 aliphatic rings. The van der Waals surface area contributed by atoms with E-state index in [4.69, 9.17) is 5.11 Å². The molecule has 8 heteroatoms. The molecule has 0 aromatic carbocycles. The molecule has 0 spiro atoms. The lowest BCUT2D eigenvalue weighted by molar-refractivity contribution is -0.138. The first-order valence-corrected chi connectivity index (χ1v) is 6.66. The van der Waals surface area contributed by atoms with E-state index in [1.807, 2.05) is 6.07 Å². The molecule has 7 nitrogen and oxygen atoms in total. The number of pyridine rings is 1. The van der Waals surface area contributed by atoms with Crippen molar-refractivity contribution in [2.75, 3.05) is 0 Å². The summed E-state index contributed by atoms with van der Waals surface area (Å²) in [7, 11) is 0. The van der Waals surface area contributed by atoms with Gasteiger partial charge in [0.2, 0.25) is 5.91 Å². The highest BCUT2D eigenvalue weighted by molar-refractivity contribution is 8.15. The lowest BCUT2D eigenvalue weighted by Crippen LogP contribution is -2.26. The summed E-state index contributed by atoms with van der Waals surface area (Å²) < 4.78 is 0. The molecule has 1 unspecified atom stereocenters. The van der Waals surface area contributed by atoms with Gasteiger partial charge in [-0.25, -0.2) is 0 Å². The summed E-state index contributed by atoms with van der Waals surface area (Å²) in [5.74, 6) is -1.38. The van der Waals surface area contributed by atoms with Crippen LogP contribution in [-0.2, 0) is 9.59 Å². The minimum atomic E-state index is -1.02. The summed E-state index contributed by atoms with van der Waals surface area (Å²) in [5.41, 5.74) is 1.48. The van der Waals surface area contributed by atoms with Crippen molar-refractivity contribution in [3.63, 3.8) is 0 Å². The zero-order valence-electron chi connectivity index (χ0n) is 10.6. The summed E-state index contributed by atoms with van der Waals surface area (Å²) in [6.07, 6.45) is 3.08. The van der Waals surface area contributed by atoms with E-state index >= 15 is 0 Å². The van der Waals surface area contributed by atoms with Gasteiger partial charge in [-0.15, -0.1) is 5.10 Å². The highest BCUT2D eigenvalue weighted by atomic mass is 32.2. The number of nitrogens with zero attached hydrogens (tertiary/aromatic N) is 3. The molecule has 2 rings (SSSR count). The van der Waals surface area contributed by atoms with E-state index in [0.29, 0.717) is 10.9 Å². The second kappa shape index (κ2) is 6.29. The monoisotopic (exact) mass is 292 g/mol. The first-order valence-electron chi connectivity index (χ1n) is 5.78. The second-order valence-corrected chi connectivity index (χ2v) is 5.22. The molecule has 0 bridgehead atoms. The van der Waals surface area contributed by atoms with Crippen LogP contribution in [0.25, 0.3) is 0 Å². The van der Waals surface area contributed by atoms with Crippen LogP contribution in [-0.4, -0.2) is 38.1 Å². The molecule has 1 aliphatic heterocycles. The molecule has 2 N–H and O–H groups in total. The highest BCUT2D eigenvalue weighted by Crippen LogP contribution is 2.22. The normalized spacial score (nSPS) is 21.1. The fourth-order valence-electron chi connectivity index (χ4n) is 1.50. The van der Waals surface area contributed by atoms with Gasteiger partial charge in [-0.1, -0.05) is 17.8 Å². The average Bonchev–Trinajstić information content (AvgIpc) is 2.77. The molecule has 20 heavy (non-hydrogen) atoms. The molecule has 1 amide bonds. The molecule has 0 aliphatic carbocycles. The Morgan fingerprint density at radius 2 is 2.40 bits per heavy atom. The summed E-state index contributed by atoms with van der Waals surface area (Å²) in [5, 5.41) is 18.8. The van der Waals surface area contributed by atoms with E-state index in [0.717, 1.165) is 17.3 Å². The molecule has 1 aromatic heterocycles. The minimum absolute atomic E-state index is 0.235. The first-order chi connectivity index (χ1) is 9.56. The van der Waals surface area contributed by atoms with Crippen LogP contribution in [0.5, 0.6) is 0 Å². The Kier molecular flexibility index (Phi) is 4.46. The maximum Gasteiger partial charge on any atom is 0.305 e. The summed E-state index contributed by atoms with van der Waals surface area (Å²) in [6, 6.07) is 3.64. The van der Waals surface area contributed by atoms with Gasteiger partial charge in [-0.3, -0.25) is 14.6 Å². The minimum Gasteiger partial charge on any atom is -0.481 e. The zero-order chi connectivity index (χ0) is 14.5. The molecule has 1 saturated heterocycles. The standard InChI is InChI=1S/C12H12N4O3S/c1-7(8-3-2-4-13-6-8)15-16-12-14-11(19)9(20-12)5-10(17)18/h2-4,6,9H,5H2,1H3,(H,17,18)(H,14,16,19)/b15-7-. The van der Waals surface area contributed by atoms with E-state index in [-0.39, 0.29) is 12.3 Å². The number of aliphatic carboxylic acids is 1. The number of carboxylic acid groups (broad SMARTS) is 1. The van der Waals surface area contributed by atoms with Gasteiger partial charge < -0.3 is 10.4 Å². The van der Waals surface area contributed by atoms with Crippen molar-refractivity contribution < 1.29 is 14.7 Å². The van der Waals surface area contributed by atoms with Gasteiger partial charge in [0.05, 0.1) is 12.1 Å². The van der Waals surface area contributed by atoms with Gasteiger partial charge in [0.1, 0.15) is 5.25 Å². The van der Waals surface area contributed by atoms with Crippen LogP contribution in [0.4, 0.5) is 0 Å². The summed E-state index contributed by atoms with van der Waals surface area (Å²) in [6.45, 7) is 1.78. The summed E-state index contributed by atoms with van der Waals surface area (Å²) in [4.78, 5) is 26.1. The van der Waals surface area contributed by atoms with Crippen LogP contribution in [0.3, 0.4) is 0 Å². The second-order valence-electron chi connectivity index (χ2n) is 4.03. The Morgan fingerprint density at radius 1 is 1.60 bits per heavy atom. The topological polar surface area (TPSA) is 104 Å². The van der Waals surface area contributed by atoms with E-state index in [9.17, 15) is 9.59 Å². The number of amides is 1. The number of aromatic nitrogens is 1. The van der Waals surface area contributed by atoms with Crippen molar-refractivity contribution in [2.24, 2.45) is 10.2 Å². The number of nitrogens with one attached hydrogen (secondary N) is 1. The molecular formula is C12H12N4O3S. The maximum absolute atomic E-state index is 11.5. The first kappa shape index (κ1) is 14.2. The highest BCUT2D eigenvalue weighted by Gasteiger charge is 2.32. The number of hydrogen-bond acceptors (Lipinski definition) is 6. The van der Waals surface area contributed by atoms with Crippen LogP contribution in [0.1, 0.15) is 18.9 Å². The van der Waals surface area contributed by atoms with Crippen LogP contribution in [0.15, 0.2) is 34.7 Å². The fraction of sp³-hybridized carbons (Fsp3) is 0.250. The Balaban J connectivity index is 2.06. The average molecular weight is 292 g/mol. The largest absolute Gasteiger partial charge is 0.481 e. The predicted octanol–water partition coefficient (Wildman–Crippen LogP) is 0.868. The lowest BCUT2D eigenvalue weighted by atomic mass is 10.2. The molecule has 1 aromatic rings. The van der Waals surface area contributed by atoms with Crippen molar-refractivity contribution in [2.45, 2.75) is 18.6 Å². The number of carbonyl (C=O) groups is 2. The Morgan fingerprint density at radius 3 is 3.05 bits per heavy atom. The quantitative estimate of drug-likeness (QED) is 0.633. The van der Waals surface area contributed by atoms with Crippen molar-refractivity contribution >= 4 is 34.5 Å². The van der Waals surface area contributed by atoms with Gasteiger partial charge in [0.15, 0.2) is 5.17 Å². The number of hydrogen-bond donors (Lipinski definition) is 2. The number of carboxylic acids is 1. The number of thioether (sulfide) groups is 1. The number of amidine groups is 1. The van der Waals surface area contributed by atoms with Crippen molar-refractivity contribution in [1.29, 1.82) is 0 Å². The Bertz CT molecular complexity index is 586. The third-order valence-electron chi connectivity index (χ3n) is 2.51. The fourth-order valence-corrected chi connectivity index (χ4v) is 2.41. The third-order valence-corrected chi connectivity index (χ3v) is 3.58. The smallest absolute Gasteiger partial charge is 0.305 e. The van der Waals surface area contributed by atoms with Crippen LogP contribution >= 0.6 is 11.8 Å². The predicted molar refractivity (Wildman–Crippen MR) is 75.7 cm³/mol. The molecule has 104 valence electrons. The molecule has 2 heterocycles. The van der Waals surface area contributed by atoms with E-state index in [2.05, 4.69) is 20.5 Å². The van der Waals surface area contributed by atoms with Crippen molar-refractivity contribution in [3.05, 3.63) is 30.1 Å². The molecule has 1 atom stereocenters. The van der Waals surface area contributed by atoms with Crippen LogP contribution < -0.4 is 5.32 Å². The molecule has 0 saturated carbocycles. The van der Waals surface area contributed by atoms with E-state index < -0.39 is 11.2 Å². The number of carbonyl (C=O) groups excluding carboxylic acids is 1. The lowest BCUT2D eigenvalue weighted by Gasteiger charge is -1.98. The molecule has 0 radical (unpaired) electrons. The van der Waals surface area contributed by atoms with E-state index in [1.54, 1.807) is 25.4 Å². The van der Waals surface area contributed by atoms with Crippen LogP contribution in [0, 0.1) is 0 Å². The SMILES string of the molecule is C/C(=N/N=C1/NC(=O)C(CC(=O)O)S1)c1cccnc1. The van der Waals surface area contributed by atoms with Gasteiger partial charge in [-0.05, 0) is 13.0 Å². The van der Waals surface area contributed by atoms with Gasteiger partial charge in [0, 0.05) is 18.0 Å². The van der Waals surface area contributed by atoms with Crippen LogP contribution in [0.2, 0.25) is 0 Å².